The van der Waals surface area contributed by atoms with Crippen molar-refractivity contribution in [1.82, 2.24) is 14.9 Å². The van der Waals surface area contributed by atoms with Crippen LogP contribution in [0.2, 0.25) is 0 Å². The number of hydrogen-bond donors (Lipinski definition) is 1. The lowest BCUT2D eigenvalue weighted by Crippen LogP contribution is -2.45. The molecule has 1 aliphatic rings. The molecule has 0 saturated heterocycles. The first-order valence-corrected chi connectivity index (χ1v) is 7.58. The number of nitrogens with one attached hydrogen (secondary N) is 1. The Morgan fingerprint density at radius 1 is 1.42 bits per heavy atom. The second kappa shape index (κ2) is 6.53. The summed E-state index contributed by atoms with van der Waals surface area (Å²) in [5.74, 6) is 1.10. The standard InChI is InChI=1S/C15H27N3O/c1-4-10-16-13(14-17-11-12-18(14)3)15(19-5-2)8-6-7-9-15/h11-13,16H,4-10H2,1-3H3. The third kappa shape index (κ3) is 3.00. The normalized spacial score (nSPS) is 19.7. The van der Waals surface area contributed by atoms with Crippen LogP contribution < -0.4 is 5.32 Å². The van der Waals surface area contributed by atoms with Gasteiger partial charge < -0.3 is 14.6 Å². The van der Waals surface area contributed by atoms with Gasteiger partial charge in [0.2, 0.25) is 0 Å². The van der Waals surface area contributed by atoms with E-state index < -0.39 is 0 Å². The fourth-order valence-corrected chi connectivity index (χ4v) is 3.23. The van der Waals surface area contributed by atoms with Crippen molar-refractivity contribution in [3.05, 3.63) is 18.2 Å². The highest BCUT2D eigenvalue weighted by molar-refractivity contribution is 5.09. The van der Waals surface area contributed by atoms with E-state index in [0.717, 1.165) is 38.2 Å². The molecular weight excluding hydrogens is 238 g/mol. The van der Waals surface area contributed by atoms with Gasteiger partial charge in [-0.25, -0.2) is 4.98 Å². The molecule has 1 saturated carbocycles. The molecular formula is C15H27N3O. The summed E-state index contributed by atoms with van der Waals surface area (Å²) in [6.45, 7) is 6.07. The van der Waals surface area contributed by atoms with E-state index in [-0.39, 0.29) is 11.6 Å². The average Bonchev–Trinajstić information content (AvgIpc) is 3.02. The summed E-state index contributed by atoms with van der Waals surface area (Å²) in [6, 6.07) is 0.204. The molecule has 1 atom stereocenters. The van der Waals surface area contributed by atoms with E-state index in [4.69, 9.17) is 4.74 Å². The molecule has 0 spiro atoms. The molecule has 108 valence electrons. The highest BCUT2D eigenvalue weighted by atomic mass is 16.5. The number of hydrogen-bond acceptors (Lipinski definition) is 3. The third-order valence-corrected chi connectivity index (χ3v) is 4.12. The monoisotopic (exact) mass is 265 g/mol. The minimum absolute atomic E-state index is 0.0664. The zero-order chi connectivity index (χ0) is 13.7. The maximum Gasteiger partial charge on any atom is 0.128 e. The Kier molecular flexibility index (Phi) is 4.99. The molecule has 19 heavy (non-hydrogen) atoms. The molecule has 1 unspecified atom stereocenters. The van der Waals surface area contributed by atoms with Crippen LogP contribution in [0.5, 0.6) is 0 Å². The lowest BCUT2D eigenvalue weighted by atomic mass is 9.90. The molecule has 0 bridgehead atoms. The number of imidazole rings is 1. The molecule has 0 aromatic carbocycles. The average molecular weight is 265 g/mol. The van der Waals surface area contributed by atoms with Crippen LogP contribution in [0.1, 0.15) is 57.8 Å². The van der Waals surface area contributed by atoms with Crippen molar-refractivity contribution in [1.29, 1.82) is 0 Å². The van der Waals surface area contributed by atoms with Crippen molar-refractivity contribution >= 4 is 0 Å². The van der Waals surface area contributed by atoms with E-state index in [9.17, 15) is 0 Å². The number of aromatic nitrogens is 2. The van der Waals surface area contributed by atoms with Gasteiger partial charge in [-0.1, -0.05) is 19.8 Å². The van der Waals surface area contributed by atoms with Gasteiger partial charge in [0.1, 0.15) is 5.82 Å². The Balaban J connectivity index is 2.27. The quantitative estimate of drug-likeness (QED) is 0.824. The number of ether oxygens (including phenoxy) is 1. The Labute approximate surface area is 116 Å². The molecule has 0 radical (unpaired) electrons. The van der Waals surface area contributed by atoms with Crippen molar-refractivity contribution in [3.8, 4) is 0 Å². The smallest absolute Gasteiger partial charge is 0.128 e. The minimum Gasteiger partial charge on any atom is -0.373 e. The van der Waals surface area contributed by atoms with Crippen molar-refractivity contribution in [3.63, 3.8) is 0 Å². The van der Waals surface area contributed by atoms with Crippen LogP contribution in [0.25, 0.3) is 0 Å². The van der Waals surface area contributed by atoms with Crippen LogP contribution in [0.15, 0.2) is 12.4 Å². The molecule has 1 fully saturated rings. The minimum atomic E-state index is -0.0664. The Hall–Kier alpha value is -0.870. The molecule has 1 aromatic rings. The van der Waals surface area contributed by atoms with Gasteiger partial charge in [0.15, 0.2) is 0 Å². The zero-order valence-electron chi connectivity index (χ0n) is 12.5. The van der Waals surface area contributed by atoms with Gasteiger partial charge in [-0.15, -0.1) is 0 Å². The van der Waals surface area contributed by atoms with E-state index in [0.29, 0.717) is 0 Å². The van der Waals surface area contributed by atoms with Gasteiger partial charge in [-0.3, -0.25) is 0 Å². The van der Waals surface area contributed by atoms with Crippen LogP contribution in [0.3, 0.4) is 0 Å². The van der Waals surface area contributed by atoms with Crippen LogP contribution in [-0.4, -0.2) is 28.3 Å². The maximum absolute atomic E-state index is 6.21. The van der Waals surface area contributed by atoms with Gasteiger partial charge in [-0.05, 0) is 32.7 Å². The molecule has 1 heterocycles. The van der Waals surface area contributed by atoms with E-state index in [1.165, 1.54) is 12.8 Å². The summed E-state index contributed by atoms with van der Waals surface area (Å²) in [6.07, 6.45) is 9.81. The first-order chi connectivity index (χ1) is 9.23. The van der Waals surface area contributed by atoms with Gasteiger partial charge in [0.05, 0.1) is 11.6 Å². The number of rotatable bonds is 7. The summed E-state index contributed by atoms with van der Waals surface area (Å²) >= 11 is 0. The van der Waals surface area contributed by atoms with Gasteiger partial charge >= 0.3 is 0 Å². The zero-order valence-corrected chi connectivity index (χ0v) is 12.5. The molecule has 1 aliphatic carbocycles. The molecule has 1 aromatic heterocycles. The summed E-state index contributed by atoms with van der Waals surface area (Å²) in [5, 5.41) is 3.67. The van der Waals surface area contributed by atoms with Crippen molar-refractivity contribution in [2.45, 2.75) is 57.6 Å². The predicted molar refractivity (Wildman–Crippen MR) is 77.1 cm³/mol. The molecule has 0 aliphatic heterocycles. The predicted octanol–water partition coefficient (Wildman–Crippen LogP) is 2.81. The SMILES string of the molecule is CCCNC(c1nccn1C)C1(OCC)CCCC1. The van der Waals surface area contributed by atoms with Crippen molar-refractivity contribution in [2.75, 3.05) is 13.2 Å². The lowest BCUT2D eigenvalue weighted by Gasteiger charge is -2.37. The molecule has 4 nitrogen and oxygen atoms in total. The number of nitrogens with zero attached hydrogens (tertiary/aromatic N) is 2. The largest absolute Gasteiger partial charge is 0.373 e. The Morgan fingerprint density at radius 2 is 2.16 bits per heavy atom. The van der Waals surface area contributed by atoms with Crippen molar-refractivity contribution < 1.29 is 4.74 Å². The highest BCUT2D eigenvalue weighted by Gasteiger charge is 2.44. The fourth-order valence-electron chi connectivity index (χ4n) is 3.23. The van der Waals surface area contributed by atoms with Crippen LogP contribution >= 0.6 is 0 Å². The first kappa shape index (κ1) is 14.5. The van der Waals surface area contributed by atoms with Crippen LogP contribution in [-0.2, 0) is 11.8 Å². The lowest BCUT2D eigenvalue weighted by molar-refractivity contribution is -0.0651. The summed E-state index contributed by atoms with van der Waals surface area (Å²) < 4.78 is 8.33. The molecule has 4 heteroatoms. The summed E-state index contributed by atoms with van der Waals surface area (Å²) in [4.78, 5) is 4.56. The van der Waals surface area contributed by atoms with Gasteiger partial charge in [-0.2, -0.15) is 0 Å². The van der Waals surface area contributed by atoms with Crippen LogP contribution in [0.4, 0.5) is 0 Å². The maximum atomic E-state index is 6.21. The molecule has 1 N–H and O–H groups in total. The van der Waals surface area contributed by atoms with E-state index >= 15 is 0 Å². The summed E-state index contributed by atoms with van der Waals surface area (Å²) in [7, 11) is 2.07. The second-order valence-electron chi connectivity index (χ2n) is 5.49. The third-order valence-electron chi connectivity index (χ3n) is 4.12. The van der Waals surface area contributed by atoms with Gasteiger partial charge in [0.25, 0.3) is 0 Å². The molecule has 0 amide bonds. The number of aryl methyl sites for hydroxylation is 1. The highest BCUT2D eigenvalue weighted by Crippen LogP contribution is 2.42. The van der Waals surface area contributed by atoms with Crippen LogP contribution in [0, 0.1) is 0 Å². The van der Waals surface area contributed by atoms with Gasteiger partial charge in [0, 0.05) is 26.0 Å². The fraction of sp³-hybridized carbons (Fsp3) is 0.800. The molecule has 2 rings (SSSR count). The second-order valence-corrected chi connectivity index (χ2v) is 5.49. The Bertz CT molecular complexity index is 382. The Morgan fingerprint density at radius 3 is 2.68 bits per heavy atom. The van der Waals surface area contributed by atoms with Crippen molar-refractivity contribution in [2.24, 2.45) is 7.05 Å². The summed E-state index contributed by atoms with van der Waals surface area (Å²) in [5.41, 5.74) is -0.0664. The van der Waals surface area contributed by atoms with E-state index in [2.05, 4.69) is 35.8 Å². The van der Waals surface area contributed by atoms with E-state index in [1.54, 1.807) is 0 Å². The first-order valence-electron chi connectivity index (χ1n) is 7.58. The topological polar surface area (TPSA) is 39.1 Å². The van der Waals surface area contributed by atoms with E-state index in [1.807, 2.05) is 12.4 Å².